The quantitative estimate of drug-likeness (QED) is 0.225. The fourth-order valence-electron chi connectivity index (χ4n) is 7.20. The molecule has 1 aromatic heterocycles. The molecular formula is C35H43F2N5O3. The number of anilines is 1. The van der Waals surface area contributed by atoms with Gasteiger partial charge in [0.25, 0.3) is 5.91 Å². The molecule has 1 aliphatic carbocycles. The molecule has 240 valence electrons. The lowest BCUT2D eigenvalue weighted by Crippen LogP contribution is -2.50. The molecule has 2 aliphatic heterocycles. The molecule has 3 aromatic rings. The molecule has 0 bridgehead atoms. The van der Waals surface area contributed by atoms with E-state index in [1.807, 2.05) is 37.3 Å². The van der Waals surface area contributed by atoms with Gasteiger partial charge in [-0.05, 0) is 81.8 Å². The minimum atomic E-state index is -1.32. The number of halogens is 2. The average molecular weight is 620 g/mol. The van der Waals surface area contributed by atoms with E-state index in [1.54, 1.807) is 11.0 Å². The number of carbonyl (C=O) groups excluding carboxylic acids is 3. The first kappa shape index (κ1) is 31.2. The Kier molecular flexibility index (Phi) is 9.21. The summed E-state index contributed by atoms with van der Waals surface area (Å²) in [6.45, 7) is 4.90. The van der Waals surface area contributed by atoms with E-state index in [0.29, 0.717) is 50.0 Å². The maximum Gasteiger partial charge on any atom is 0.253 e. The molecule has 3 heterocycles. The number of likely N-dealkylation sites (tertiary alicyclic amines) is 2. The molecule has 45 heavy (non-hydrogen) atoms. The summed E-state index contributed by atoms with van der Waals surface area (Å²) >= 11 is 0. The molecule has 1 saturated carbocycles. The Labute approximate surface area is 263 Å². The van der Waals surface area contributed by atoms with E-state index in [9.17, 15) is 14.4 Å². The van der Waals surface area contributed by atoms with Crippen LogP contribution in [0.1, 0.15) is 84.8 Å². The largest absolute Gasteiger partial charge is 0.358 e. The number of benzene rings is 2. The zero-order chi connectivity index (χ0) is 31.6. The molecule has 8 nitrogen and oxygen atoms in total. The molecule has 2 N–H and O–H groups in total. The normalized spacial score (nSPS) is 19.3. The number of nitrogens with zero attached hydrogens (tertiary/aromatic N) is 3. The molecule has 0 unspecified atom stereocenters. The number of alkyl halides is 1. The number of carbonyl (C=O) groups is 3. The van der Waals surface area contributed by atoms with Crippen LogP contribution in [0.3, 0.4) is 0 Å². The van der Waals surface area contributed by atoms with Crippen LogP contribution in [0.5, 0.6) is 0 Å². The number of hydrogen-bond acceptors (Lipinski definition) is 4. The molecule has 0 atom stereocenters. The molecule has 2 aromatic carbocycles. The highest BCUT2D eigenvalue weighted by atomic mass is 19.1. The van der Waals surface area contributed by atoms with Crippen molar-refractivity contribution < 1.29 is 23.2 Å². The lowest BCUT2D eigenvalue weighted by atomic mass is 9.87. The maximum atomic E-state index is 16.0. The fourth-order valence-corrected chi connectivity index (χ4v) is 7.20. The highest BCUT2D eigenvalue weighted by molar-refractivity contribution is 5.96. The highest BCUT2D eigenvalue weighted by Crippen LogP contribution is 2.42. The van der Waals surface area contributed by atoms with Crippen LogP contribution in [-0.4, -0.2) is 77.5 Å². The summed E-state index contributed by atoms with van der Waals surface area (Å²) in [5, 5.41) is 6.00. The second-order valence-corrected chi connectivity index (χ2v) is 13.1. The minimum Gasteiger partial charge on any atom is -0.358 e. The third-order valence-electron chi connectivity index (χ3n) is 10.0. The summed E-state index contributed by atoms with van der Waals surface area (Å²) < 4.78 is 34.0. The van der Waals surface area contributed by atoms with Crippen molar-refractivity contribution in [3.63, 3.8) is 0 Å². The van der Waals surface area contributed by atoms with Gasteiger partial charge in [0.15, 0.2) is 5.82 Å². The van der Waals surface area contributed by atoms with Gasteiger partial charge in [-0.3, -0.25) is 14.4 Å². The van der Waals surface area contributed by atoms with Gasteiger partial charge in [0.1, 0.15) is 5.67 Å². The van der Waals surface area contributed by atoms with Crippen molar-refractivity contribution in [1.82, 2.24) is 19.7 Å². The average Bonchev–Trinajstić information content (AvgIpc) is 3.37. The third kappa shape index (κ3) is 6.76. The van der Waals surface area contributed by atoms with Crippen molar-refractivity contribution in [2.75, 3.05) is 44.6 Å². The number of aryl methyl sites for hydroxylation is 1. The second kappa shape index (κ2) is 13.3. The lowest BCUT2D eigenvalue weighted by Gasteiger charge is -2.41. The van der Waals surface area contributed by atoms with Gasteiger partial charge in [0, 0.05) is 68.6 Å². The first-order chi connectivity index (χ1) is 21.7. The molecule has 0 radical (unpaired) electrons. The second-order valence-electron chi connectivity index (χ2n) is 13.1. The summed E-state index contributed by atoms with van der Waals surface area (Å²) in [5.74, 6) is -0.568. The summed E-state index contributed by atoms with van der Waals surface area (Å²) in [5.41, 5.74) is 2.19. The van der Waals surface area contributed by atoms with Gasteiger partial charge in [-0.25, -0.2) is 8.78 Å². The van der Waals surface area contributed by atoms with Crippen molar-refractivity contribution >= 4 is 34.8 Å². The number of hydrogen-bond donors (Lipinski definition) is 2. The zero-order valence-electron chi connectivity index (χ0n) is 26.0. The first-order valence-electron chi connectivity index (χ1n) is 16.3. The summed E-state index contributed by atoms with van der Waals surface area (Å²) in [6.07, 6.45) is 8.24. The van der Waals surface area contributed by atoms with Crippen LogP contribution in [0.15, 0.2) is 42.6 Å². The molecule has 3 amide bonds. The monoisotopic (exact) mass is 619 g/mol. The molecule has 3 aliphatic rings. The molecule has 6 rings (SSSR count). The number of piperidine rings is 2. The minimum absolute atomic E-state index is 0.0274. The van der Waals surface area contributed by atoms with E-state index in [0.717, 1.165) is 61.7 Å². The maximum absolute atomic E-state index is 16.0. The highest BCUT2D eigenvalue weighted by Gasteiger charge is 2.39. The number of amides is 3. The van der Waals surface area contributed by atoms with Crippen LogP contribution in [0.25, 0.3) is 10.9 Å². The first-order valence-corrected chi connectivity index (χ1v) is 16.3. The fraction of sp³-hybridized carbons (Fsp3) is 0.514. The van der Waals surface area contributed by atoms with Gasteiger partial charge in [-0.2, -0.15) is 0 Å². The standard InChI is InChI=1S/C35H43F2N5O3/c1-24-4-2-5-26(20-24)34(45)41-18-13-35(37,14-19-41)22-40-16-11-25(12-17-40)29-21-42(27-6-3-7-27)33-28(29)8-9-30(32(33)36)39-31(44)10-15-38-23-43/h2,4-5,8-9,20-21,23,25,27H,3,6-7,10-19,22H2,1H3,(H,38,43)(H,39,44). The molecular weight excluding hydrogens is 576 g/mol. The number of fused-ring (bicyclic) bond motifs is 1. The summed E-state index contributed by atoms with van der Waals surface area (Å²) in [7, 11) is 0. The van der Waals surface area contributed by atoms with Gasteiger partial charge < -0.3 is 25.0 Å². The van der Waals surface area contributed by atoms with Crippen molar-refractivity contribution in [3.05, 3.63) is 65.1 Å². The van der Waals surface area contributed by atoms with Crippen LogP contribution < -0.4 is 10.6 Å². The van der Waals surface area contributed by atoms with E-state index in [-0.39, 0.29) is 42.4 Å². The Morgan fingerprint density at radius 2 is 1.80 bits per heavy atom. The van der Waals surface area contributed by atoms with E-state index in [2.05, 4.69) is 26.3 Å². The van der Waals surface area contributed by atoms with Crippen molar-refractivity contribution in [1.29, 1.82) is 0 Å². The van der Waals surface area contributed by atoms with Crippen molar-refractivity contribution in [2.24, 2.45) is 0 Å². The Hall–Kier alpha value is -3.79. The molecule has 0 spiro atoms. The van der Waals surface area contributed by atoms with Crippen LogP contribution in [0.2, 0.25) is 0 Å². The topological polar surface area (TPSA) is 86.7 Å². The van der Waals surface area contributed by atoms with Gasteiger partial charge in [-0.15, -0.1) is 0 Å². The third-order valence-corrected chi connectivity index (χ3v) is 10.0. The smallest absolute Gasteiger partial charge is 0.253 e. The Bertz CT molecular complexity index is 1550. The van der Waals surface area contributed by atoms with Crippen molar-refractivity contribution in [2.45, 2.75) is 75.9 Å². The van der Waals surface area contributed by atoms with Gasteiger partial charge in [0.2, 0.25) is 12.3 Å². The zero-order valence-corrected chi connectivity index (χ0v) is 26.0. The predicted octanol–water partition coefficient (Wildman–Crippen LogP) is 5.71. The number of rotatable bonds is 10. The number of nitrogens with one attached hydrogen (secondary N) is 2. The van der Waals surface area contributed by atoms with Gasteiger partial charge in [0.05, 0.1) is 11.2 Å². The number of aromatic nitrogens is 1. The van der Waals surface area contributed by atoms with E-state index < -0.39 is 11.5 Å². The summed E-state index contributed by atoms with van der Waals surface area (Å²) in [4.78, 5) is 39.8. The van der Waals surface area contributed by atoms with Crippen molar-refractivity contribution in [3.8, 4) is 0 Å². The van der Waals surface area contributed by atoms with Crippen LogP contribution in [0, 0.1) is 12.7 Å². The molecule has 3 fully saturated rings. The van der Waals surface area contributed by atoms with Gasteiger partial charge in [-0.1, -0.05) is 23.8 Å². The van der Waals surface area contributed by atoms with Gasteiger partial charge >= 0.3 is 0 Å². The van der Waals surface area contributed by atoms with E-state index in [4.69, 9.17) is 0 Å². The molecule has 2 saturated heterocycles. The molecule has 10 heteroatoms. The Morgan fingerprint density at radius 3 is 2.47 bits per heavy atom. The lowest BCUT2D eigenvalue weighted by molar-refractivity contribution is -0.116. The van der Waals surface area contributed by atoms with Crippen LogP contribution >= 0.6 is 0 Å². The van der Waals surface area contributed by atoms with Crippen LogP contribution in [0.4, 0.5) is 14.5 Å². The SMILES string of the molecule is Cc1cccc(C(=O)N2CCC(F)(CN3CCC(c4cn(C5CCC5)c5c(F)c(NC(=O)CCNC=O)ccc45)CC3)CC2)c1. The Morgan fingerprint density at radius 1 is 1.04 bits per heavy atom. The van der Waals surface area contributed by atoms with Crippen LogP contribution in [-0.2, 0) is 9.59 Å². The Balaban J connectivity index is 1.09. The predicted molar refractivity (Wildman–Crippen MR) is 171 cm³/mol. The van der Waals surface area contributed by atoms with E-state index in [1.165, 1.54) is 0 Å². The van der Waals surface area contributed by atoms with E-state index >= 15 is 8.78 Å². The summed E-state index contributed by atoms with van der Waals surface area (Å²) in [6, 6.07) is 11.3.